The van der Waals surface area contributed by atoms with Crippen molar-refractivity contribution in [2.45, 2.75) is 30.5 Å². The lowest BCUT2D eigenvalue weighted by Crippen LogP contribution is -2.24. The lowest BCUT2D eigenvalue weighted by molar-refractivity contribution is 0.275. The number of hydrogen-bond acceptors (Lipinski definition) is 3. The molecule has 1 unspecified atom stereocenters. The molecule has 0 fully saturated rings. The molecule has 22 heavy (non-hydrogen) atoms. The van der Waals surface area contributed by atoms with E-state index in [0.29, 0.717) is 12.1 Å². The average molecular weight is 338 g/mol. The maximum Gasteiger partial charge on any atom is 0.128 e. The van der Waals surface area contributed by atoms with Crippen molar-refractivity contribution in [3.8, 4) is 0 Å². The third kappa shape index (κ3) is 3.30. The van der Waals surface area contributed by atoms with Crippen LogP contribution in [-0.4, -0.2) is 10.9 Å². The van der Waals surface area contributed by atoms with Crippen molar-refractivity contribution < 1.29 is 9.50 Å². The number of nitrogens with one attached hydrogen (secondary N) is 1. The van der Waals surface area contributed by atoms with E-state index in [-0.39, 0.29) is 18.5 Å². The molecule has 2 aromatic rings. The van der Waals surface area contributed by atoms with Gasteiger partial charge in [0.15, 0.2) is 0 Å². The maximum atomic E-state index is 13.4. The number of hydrogen-bond donors (Lipinski definition) is 2. The first-order chi connectivity index (χ1) is 10.7. The minimum atomic E-state index is -0.363. The van der Waals surface area contributed by atoms with Gasteiger partial charge < -0.3 is 10.4 Å². The second-order valence-electron chi connectivity index (χ2n) is 5.31. The zero-order valence-corrected chi connectivity index (χ0v) is 13.6. The van der Waals surface area contributed by atoms with Crippen LogP contribution in [0, 0.1) is 5.82 Å². The summed E-state index contributed by atoms with van der Waals surface area (Å²) in [4.78, 5) is 1.16. The summed E-state index contributed by atoms with van der Waals surface area (Å²) in [5, 5.41) is 13.5. The smallest absolute Gasteiger partial charge is 0.128 e. The molecular weight excluding hydrogens is 321 g/mol. The van der Waals surface area contributed by atoms with Gasteiger partial charge in [-0.05, 0) is 41.5 Å². The number of fused-ring (bicyclic) bond motifs is 1. The molecule has 0 saturated heterocycles. The first kappa shape index (κ1) is 15.8. The monoisotopic (exact) mass is 337 g/mol. The molecule has 0 spiro atoms. The molecule has 0 radical (unpaired) electrons. The Morgan fingerprint density at radius 3 is 3.00 bits per heavy atom. The molecule has 2 N–H and O–H groups in total. The Morgan fingerprint density at radius 2 is 2.18 bits per heavy atom. The molecule has 0 saturated carbocycles. The first-order valence-corrected chi connectivity index (χ1v) is 8.58. The quantitative estimate of drug-likeness (QED) is 0.872. The van der Waals surface area contributed by atoms with Crippen LogP contribution in [0.5, 0.6) is 0 Å². The van der Waals surface area contributed by atoms with E-state index in [1.54, 1.807) is 23.9 Å². The molecule has 0 amide bonds. The van der Waals surface area contributed by atoms with Crippen LogP contribution in [0.25, 0.3) is 0 Å². The molecule has 116 valence electrons. The highest BCUT2D eigenvalue weighted by Gasteiger charge is 2.21. The summed E-state index contributed by atoms with van der Waals surface area (Å²) in [6.07, 6.45) is 1.03. The fourth-order valence-corrected chi connectivity index (χ4v) is 4.18. The fourth-order valence-electron chi connectivity index (χ4n) is 2.70. The minimum Gasteiger partial charge on any atom is -0.392 e. The van der Waals surface area contributed by atoms with Crippen LogP contribution >= 0.6 is 23.4 Å². The molecule has 2 aromatic carbocycles. The van der Waals surface area contributed by atoms with Crippen LogP contribution in [0.4, 0.5) is 4.39 Å². The Balaban J connectivity index is 1.74. The predicted molar refractivity (Wildman–Crippen MR) is 88.7 cm³/mol. The molecule has 2 nitrogen and oxygen atoms in total. The molecule has 0 aliphatic carbocycles. The minimum absolute atomic E-state index is 0.248. The van der Waals surface area contributed by atoms with Gasteiger partial charge in [-0.3, -0.25) is 0 Å². The summed E-state index contributed by atoms with van der Waals surface area (Å²) < 4.78 is 13.4. The molecule has 1 aliphatic heterocycles. The van der Waals surface area contributed by atoms with Crippen LogP contribution in [0.15, 0.2) is 41.3 Å². The van der Waals surface area contributed by atoms with Gasteiger partial charge in [0.25, 0.3) is 0 Å². The average Bonchev–Trinajstić information content (AvgIpc) is 2.54. The highest BCUT2D eigenvalue weighted by Crippen LogP contribution is 2.40. The molecule has 0 bridgehead atoms. The number of benzene rings is 2. The van der Waals surface area contributed by atoms with Crippen molar-refractivity contribution in [3.05, 3.63) is 63.9 Å². The van der Waals surface area contributed by atoms with Crippen molar-refractivity contribution >= 4 is 23.4 Å². The Labute approximate surface area is 138 Å². The van der Waals surface area contributed by atoms with Gasteiger partial charge in [0, 0.05) is 23.0 Å². The summed E-state index contributed by atoms with van der Waals surface area (Å²) in [5.74, 6) is 0.664. The van der Waals surface area contributed by atoms with Crippen LogP contribution in [0.2, 0.25) is 5.02 Å². The second-order valence-corrected chi connectivity index (χ2v) is 6.83. The first-order valence-electron chi connectivity index (χ1n) is 7.22. The molecule has 1 atom stereocenters. The molecule has 1 heterocycles. The van der Waals surface area contributed by atoms with E-state index in [9.17, 15) is 4.39 Å². The van der Waals surface area contributed by atoms with Crippen LogP contribution < -0.4 is 5.32 Å². The van der Waals surface area contributed by atoms with E-state index in [1.807, 2.05) is 12.1 Å². The van der Waals surface area contributed by atoms with Crippen molar-refractivity contribution in [1.82, 2.24) is 5.32 Å². The topological polar surface area (TPSA) is 32.3 Å². The molecule has 3 rings (SSSR count). The van der Waals surface area contributed by atoms with Crippen molar-refractivity contribution in [3.63, 3.8) is 0 Å². The Bertz CT molecular complexity index is 680. The number of aliphatic hydroxyl groups excluding tert-OH is 1. The zero-order valence-electron chi connectivity index (χ0n) is 12.0. The Kier molecular flexibility index (Phi) is 5.03. The van der Waals surface area contributed by atoms with E-state index in [2.05, 4.69) is 11.4 Å². The van der Waals surface area contributed by atoms with Gasteiger partial charge in [0.05, 0.1) is 11.6 Å². The highest BCUT2D eigenvalue weighted by molar-refractivity contribution is 7.99. The number of thioether (sulfide) groups is 1. The van der Waals surface area contributed by atoms with Gasteiger partial charge in [-0.25, -0.2) is 4.39 Å². The summed E-state index contributed by atoms with van der Waals surface area (Å²) in [7, 11) is 0. The number of aliphatic hydroxyl groups is 1. The van der Waals surface area contributed by atoms with Crippen molar-refractivity contribution in [1.29, 1.82) is 0 Å². The van der Waals surface area contributed by atoms with Gasteiger partial charge in [0.2, 0.25) is 0 Å². The van der Waals surface area contributed by atoms with Crippen LogP contribution in [-0.2, 0) is 13.2 Å². The predicted octanol–water partition coefficient (Wildman–Crippen LogP) is 4.30. The summed E-state index contributed by atoms with van der Waals surface area (Å²) in [6, 6.07) is 11.1. The maximum absolute atomic E-state index is 13.4. The molecule has 0 aromatic heterocycles. The Morgan fingerprint density at radius 1 is 1.32 bits per heavy atom. The fraction of sp³-hybridized carbons (Fsp3) is 0.294. The highest BCUT2D eigenvalue weighted by atomic mass is 35.5. The van der Waals surface area contributed by atoms with Gasteiger partial charge in [-0.15, -0.1) is 11.8 Å². The normalized spacial score (nSPS) is 17.3. The third-order valence-electron chi connectivity index (χ3n) is 3.86. The number of halogens is 2. The van der Waals surface area contributed by atoms with E-state index in [0.717, 1.165) is 27.7 Å². The van der Waals surface area contributed by atoms with Crippen LogP contribution in [0.3, 0.4) is 0 Å². The number of rotatable bonds is 4. The Hall–Kier alpha value is -1.07. The van der Waals surface area contributed by atoms with Crippen molar-refractivity contribution in [2.75, 3.05) is 5.75 Å². The van der Waals surface area contributed by atoms with E-state index >= 15 is 0 Å². The summed E-state index contributed by atoms with van der Waals surface area (Å²) in [6.45, 7) is 0.354. The standard InChI is InChI=1S/C17H17ClFNOS/c18-14-3-1-2-13-16(6-7-22-17(13)14)20-9-11-4-5-15(19)12(8-11)10-21/h1-5,8,16,20-21H,6-7,9-10H2. The second kappa shape index (κ2) is 7.01. The molecule has 1 aliphatic rings. The largest absolute Gasteiger partial charge is 0.392 e. The van der Waals surface area contributed by atoms with Gasteiger partial charge in [-0.1, -0.05) is 29.8 Å². The van der Waals surface area contributed by atoms with Crippen LogP contribution in [0.1, 0.15) is 29.2 Å². The SMILES string of the molecule is OCc1cc(CNC2CCSc3c(Cl)cccc32)ccc1F. The van der Waals surface area contributed by atoms with E-state index in [4.69, 9.17) is 16.7 Å². The van der Waals surface area contributed by atoms with Crippen molar-refractivity contribution in [2.24, 2.45) is 0 Å². The third-order valence-corrected chi connectivity index (χ3v) is 5.47. The molecule has 5 heteroatoms. The van der Waals surface area contributed by atoms with E-state index < -0.39 is 0 Å². The lowest BCUT2D eigenvalue weighted by Gasteiger charge is -2.26. The lowest BCUT2D eigenvalue weighted by atomic mass is 10.0. The summed E-state index contributed by atoms with van der Waals surface area (Å²) in [5.41, 5.74) is 2.53. The summed E-state index contributed by atoms with van der Waals surface area (Å²) >= 11 is 8.06. The molecular formula is C17H17ClFNOS. The van der Waals surface area contributed by atoms with E-state index in [1.165, 1.54) is 11.6 Å². The van der Waals surface area contributed by atoms with Gasteiger partial charge in [-0.2, -0.15) is 0 Å². The van der Waals surface area contributed by atoms with Gasteiger partial charge in [0.1, 0.15) is 5.82 Å². The zero-order chi connectivity index (χ0) is 15.5. The van der Waals surface area contributed by atoms with Gasteiger partial charge >= 0.3 is 0 Å².